The fourth-order valence-corrected chi connectivity index (χ4v) is 3.04. The maximum atomic E-state index is 14.1. The highest BCUT2D eigenvalue weighted by Gasteiger charge is 2.45. The first-order valence-corrected chi connectivity index (χ1v) is 6.66. The number of nitrogens with zero attached hydrogens (tertiary/aromatic N) is 3. The van der Waals surface area contributed by atoms with Gasteiger partial charge in [-0.3, -0.25) is 4.99 Å². The van der Waals surface area contributed by atoms with Gasteiger partial charge in [-0.2, -0.15) is 0 Å². The normalized spacial score (nSPS) is 22.8. The van der Waals surface area contributed by atoms with E-state index in [1.54, 1.807) is 12.1 Å². The molecule has 0 aromatic heterocycles. The van der Waals surface area contributed by atoms with Crippen LogP contribution in [0.25, 0.3) is 0 Å². The fraction of sp³-hybridized carbons (Fsp3) is 0.500. The molecule has 1 spiro atoms. The predicted molar refractivity (Wildman–Crippen MR) is 74.8 cm³/mol. The highest BCUT2D eigenvalue weighted by molar-refractivity contribution is 5.98. The van der Waals surface area contributed by atoms with E-state index in [0.29, 0.717) is 18.2 Å². The Morgan fingerprint density at radius 3 is 2.63 bits per heavy atom. The Hall–Kier alpha value is -1.62. The summed E-state index contributed by atoms with van der Waals surface area (Å²) in [6.45, 7) is 2.66. The molecule has 3 rings (SSSR count). The molecule has 0 bridgehead atoms. The molecule has 0 unspecified atom stereocenters. The van der Waals surface area contributed by atoms with Crippen LogP contribution < -0.4 is 10.6 Å². The van der Waals surface area contributed by atoms with E-state index < -0.39 is 0 Å². The first-order valence-electron chi connectivity index (χ1n) is 6.66. The van der Waals surface area contributed by atoms with E-state index in [4.69, 9.17) is 5.73 Å². The lowest BCUT2D eigenvalue weighted by Crippen LogP contribution is -2.57. The monoisotopic (exact) mass is 262 g/mol. The zero-order valence-electron chi connectivity index (χ0n) is 11.1. The average molecular weight is 262 g/mol. The van der Waals surface area contributed by atoms with Crippen LogP contribution in [-0.2, 0) is 0 Å². The highest BCUT2D eigenvalue weighted by Crippen LogP contribution is 2.37. The van der Waals surface area contributed by atoms with Crippen LogP contribution in [0.5, 0.6) is 0 Å². The summed E-state index contributed by atoms with van der Waals surface area (Å²) < 4.78 is 14.1. The van der Waals surface area contributed by atoms with Crippen LogP contribution in [0.3, 0.4) is 0 Å². The summed E-state index contributed by atoms with van der Waals surface area (Å²) in [4.78, 5) is 8.58. The number of hydrogen-bond acceptors (Lipinski definition) is 4. The first kappa shape index (κ1) is 12.4. The number of halogens is 1. The second-order valence-electron chi connectivity index (χ2n) is 5.49. The molecular weight excluding hydrogens is 243 g/mol. The number of nitrogens with two attached hydrogens (primary N) is 1. The van der Waals surface area contributed by atoms with Crippen molar-refractivity contribution in [1.82, 2.24) is 4.90 Å². The lowest BCUT2D eigenvalue weighted by atomic mass is 9.86. The average Bonchev–Trinajstić information content (AvgIpc) is 2.72. The molecule has 0 atom stereocenters. The number of hydrogen-bond donors (Lipinski definition) is 1. The number of benzene rings is 1. The largest absolute Gasteiger partial charge is 0.369 e. The summed E-state index contributed by atoms with van der Waals surface area (Å²) in [5.41, 5.74) is 6.42. The van der Waals surface area contributed by atoms with Crippen molar-refractivity contribution in [1.29, 1.82) is 0 Å². The van der Waals surface area contributed by atoms with E-state index in [0.717, 1.165) is 25.9 Å². The second-order valence-corrected chi connectivity index (χ2v) is 5.49. The molecule has 0 amide bonds. The van der Waals surface area contributed by atoms with Crippen LogP contribution in [0.4, 0.5) is 10.1 Å². The molecule has 0 aliphatic carbocycles. The summed E-state index contributed by atoms with van der Waals surface area (Å²) in [5, 5.41) is 0. The maximum Gasteiger partial charge on any atom is 0.196 e. The smallest absolute Gasteiger partial charge is 0.196 e. The number of aliphatic imine (C=N–C) groups is 1. The summed E-state index contributed by atoms with van der Waals surface area (Å²) in [7, 11) is 2.11. The highest BCUT2D eigenvalue weighted by atomic mass is 19.1. The molecule has 5 heteroatoms. The van der Waals surface area contributed by atoms with Crippen molar-refractivity contribution < 1.29 is 4.39 Å². The molecule has 0 saturated carbocycles. The SMILES string of the molecule is CN1CCC2(CC1)CN=C(N)N2c1ccccc1F. The van der Waals surface area contributed by atoms with Crippen molar-refractivity contribution in [2.75, 3.05) is 31.6 Å². The van der Waals surface area contributed by atoms with Crippen molar-refractivity contribution in [3.8, 4) is 0 Å². The molecular formula is C14H19FN4. The molecule has 2 heterocycles. The standard InChI is InChI=1S/C14H19FN4/c1-18-8-6-14(7-9-18)10-17-13(16)19(14)12-5-3-2-4-11(12)15/h2-5H,6-10H2,1H3,(H2,16,17). The summed E-state index contributed by atoms with van der Waals surface area (Å²) >= 11 is 0. The van der Waals surface area contributed by atoms with Crippen LogP contribution in [0.1, 0.15) is 12.8 Å². The first-order chi connectivity index (χ1) is 9.12. The maximum absolute atomic E-state index is 14.1. The molecule has 2 aliphatic heterocycles. The van der Waals surface area contributed by atoms with Crippen LogP contribution in [0, 0.1) is 5.82 Å². The lowest BCUT2D eigenvalue weighted by Gasteiger charge is -2.44. The van der Waals surface area contributed by atoms with E-state index in [-0.39, 0.29) is 11.4 Å². The van der Waals surface area contributed by atoms with Gasteiger partial charge < -0.3 is 15.5 Å². The molecule has 2 N–H and O–H groups in total. The number of anilines is 1. The van der Waals surface area contributed by atoms with Crippen molar-refractivity contribution in [2.24, 2.45) is 10.7 Å². The van der Waals surface area contributed by atoms with E-state index in [2.05, 4.69) is 16.9 Å². The van der Waals surface area contributed by atoms with E-state index in [1.807, 2.05) is 11.0 Å². The molecule has 2 aliphatic rings. The van der Waals surface area contributed by atoms with Gasteiger partial charge in [0.25, 0.3) is 0 Å². The van der Waals surface area contributed by atoms with Crippen molar-refractivity contribution >= 4 is 11.6 Å². The Bertz CT molecular complexity index is 506. The third kappa shape index (κ3) is 1.98. The zero-order chi connectivity index (χ0) is 13.5. The molecule has 1 aromatic carbocycles. The van der Waals surface area contributed by atoms with Crippen LogP contribution in [-0.4, -0.2) is 43.1 Å². The zero-order valence-corrected chi connectivity index (χ0v) is 11.1. The minimum atomic E-state index is -0.235. The quantitative estimate of drug-likeness (QED) is 0.832. The van der Waals surface area contributed by atoms with Crippen LogP contribution in [0.2, 0.25) is 0 Å². The van der Waals surface area contributed by atoms with Gasteiger partial charge in [0.05, 0.1) is 17.8 Å². The Balaban J connectivity index is 1.97. The molecule has 19 heavy (non-hydrogen) atoms. The van der Waals surface area contributed by atoms with Gasteiger partial charge in [0.2, 0.25) is 0 Å². The summed E-state index contributed by atoms with van der Waals surface area (Å²) in [5.74, 6) is 0.204. The fourth-order valence-electron chi connectivity index (χ4n) is 3.04. The minimum Gasteiger partial charge on any atom is -0.369 e. The molecule has 1 fully saturated rings. The van der Waals surface area contributed by atoms with Crippen molar-refractivity contribution in [2.45, 2.75) is 18.4 Å². The third-order valence-electron chi connectivity index (χ3n) is 4.25. The Kier molecular flexibility index (Phi) is 2.93. The van der Waals surface area contributed by atoms with Gasteiger partial charge in [0.1, 0.15) is 5.82 Å². The van der Waals surface area contributed by atoms with E-state index in [1.165, 1.54) is 6.07 Å². The third-order valence-corrected chi connectivity index (χ3v) is 4.25. The van der Waals surface area contributed by atoms with Crippen molar-refractivity contribution in [3.05, 3.63) is 30.1 Å². The van der Waals surface area contributed by atoms with Crippen LogP contribution >= 0.6 is 0 Å². The summed E-state index contributed by atoms with van der Waals surface area (Å²) in [6, 6.07) is 6.79. The molecule has 1 saturated heterocycles. The molecule has 0 radical (unpaired) electrons. The summed E-state index contributed by atoms with van der Waals surface area (Å²) in [6.07, 6.45) is 1.92. The topological polar surface area (TPSA) is 44.9 Å². The van der Waals surface area contributed by atoms with Gasteiger partial charge in [-0.05, 0) is 32.0 Å². The van der Waals surface area contributed by atoms with Gasteiger partial charge in [-0.1, -0.05) is 12.1 Å². The van der Waals surface area contributed by atoms with Gasteiger partial charge in [0.15, 0.2) is 5.96 Å². The number of rotatable bonds is 1. The lowest BCUT2D eigenvalue weighted by molar-refractivity contribution is 0.201. The molecule has 102 valence electrons. The predicted octanol–water partition coefficient (Wildman–Crippen LogP) is 1.42. The number of guanidine groups is 1. The molecule has 1 aromatic rings. The van der Waals surface area contributed by atoms with Crippen LogP contribution in [0.15, 0.2) is 29.3 Å². The molecule has 4 nitrogen and oxygen atoms in total. The van der Waals surface area contributed by atoms with E-state index in [9.17, 15) is 4.39 Å². The van der Waals surface area contributed by atoms with Gasteiger partial charge in [0, 0.05) is 13.1 Å². The van der Waals surface area contributed by atoms with Gasteiger partial charge in [-0.15, -0.1) is 0 Å². The van der Waals surface area contributed by atoms with Gasteiger partial charge >= 0.3 is 0 Å². The number of piperidine rings is 1. The Morgan fingerprint density at radius 1 is 1.26 bits per heavy atom. The van der Waals surface area contributed by atoms with Crippen molar-refractivity contribution in [3.63, 3.8) is 0 Å². The Morgan fingerprint density at radius 2 is 1.95 bits per heavy atom. The van der Waals surface area contributed by atoms with Gasteiger partial charge in [-0.25, -0.2) is 4.39 Å². The second kappa shape index (κ2) is 4.49. The number of likely N-dealkylation sites (tertiary alicyclic amines) is 1. The minimum absolute atomic E-state index is 0.140. The number of para-hydroxylation sites is 1. The van der Waals surface area contributed by atoms with E-state index >= 15 is 0 Å². The Labute approximate surface area is 112 Å².